The van der Waals surface area contributed by atoms with Crippen molar-refractivity contribution in [2.75, 3.05) is 31.4 Å². The molecule has 0 radical (unpaired) electrons. The lowest BCUT2D eigenvalue weighted by atomic mass is 10.0. The van der Waals surface area contributed by atoms with Crippen LogP contribution < -0.4 is 4.72 Å². The standard InChI is InChI=1S/C22H27N3O4S/c1-24(21(17-5-3-2-4-6-17)14-25-10-9-19(26)13-25)22(27)12-16-7-8-20-18(11-16)15-30(28,29)23-20/h2-8,11,19,21,23,26H,9-10,12-15H2,1H3/t19-,21+/m0/s1. The lowest BCUT2D eigenvalue weighted by Crippen LogP contribution is -2.39. The van der Waals surface area contributed by atoms with E-state index in [0.29, 0.717) is 24.3 Å². The normalized spacial score (nSPS) is 21.1. The van der Waals surface area contributed by atoms with Gasteiger partial charge in [0.1, 0.15) is 0 Å². The molecule has 1 amide bonds. The van der Waals surface area contributed by atoms with Crippen molar-refractivity contribution in [3.63, 3.8) is 0 Å². The van der Waals surface area contributed by atoms with Crippen LogP contribution in [0.3, 0.4) is 0 Å². The molecule has 2 aliphatic rings. The summed E-state index contributed by atoms with van der Waals surface area (Å²) in [5, 5.41) is 9.87. The number of amides is 1. The molecule has 2 aliphatic heterocycles. The Morgan fingerprint density at radius 2 is 2.03 bits per heavy atom. The minimum absolute atomic E-state index is 0.0302. The second kappa shape index (κ2) is 8.37. The predicted octanol–water partition coefficient (Wildman–Crippen LogP) is 1.75. The molecule has 8 heteroatoms. The molecule has 2 aromatic carbocycles. The summed E-state index contributed by atoms with van der Waals surface area (Å²) in [4.78, 5) is 17.1. The molecule has 0 unspecified atom stereocenters. The van der Waals surface area contributed by atoms with Gasteiger partial charge in [0.2, 0.25) is 15.9 Å². The van der Waals surface area contributed by atoms with Crippen LogP contribution in [-0.2, 0) is 27.0 Å². The zero-order valence-electron chi connectivity index (χ0n) is 17.0. The van der Waals surface area contributed by atoms with Gasteiger partial charge >= 0.3 is 0 Å². The number of nitrogens with zero attached hydrogens (tertiary/aromatic N) is 2. The number of hydrogen-bond acceptors (Lipinski definition) is 5. The van der Waals surface area contributed by atoms with Crippen molar-refractivity contribution in [2.45, 2.75) is 30.7 Å². The number of aliphatic hydroxyl groups excluding tert-OH is 1. The molecule has 0 aromatic heterocycles. The molecule has 1 saturated heterocycles. The number of nitrogens with one attached hydrogen (secondary N) is 1. The first kappa shape index (κ1) is 20.8. The first-order valence-electron chi connectivity index (χ1n) is 10.1. The molecule has 1 fully saturated rings. The smallest absolute Gasteiger partial charge is 0.237 e. The molecular formula is C22H27N3O4S. The SMILES string of the molecule is CN(C(=O)Cc1ccc2c(c1)CS(=O)(=O)N2)[C@H](CN1CC[C@H](O)C1)c1ccccc1. The van der Waals surface area contributed by atoms with E-state index in [1.165, 1.54) is 0 Å². The number of likely N-dealkylation sites (tertiary alicyclic amines) is 1. The molecular weight excluding hydrogens is 402 g/mol. The lowest BCUT2D eigenvalue weighted by molar-refractivity contribution is -0.131. The van der Waals surface area contributed by atoms with E-state index in [2.05, 4.69) is 9.62 Å². The minimum atomic E-state index is -3.31. The molecule has 2 aromatic rings. The molecule has 0 saturated carbocycles. The van der Waals surface area contributed by atoms with Crippen LogP contribution in [-0.4, -0.2) is 62.0 Å². The summed E-state index contributed by atoms with van der Waals surface area (Å²) in [6.07, 6.45) is 0.653. The summed E-state index contributed by atoms with van der Waals surface area (Å²) in [5.41, 5.74) is 3.15. The van der Waals surface area contributed by atoms with Crippen LogP contribution in [0, 0.1) is 0 Å². The quantitative estimate of drug-likeness (QED) is 0.730. The molecule has 160 valence electrons. The molecule has 0 aliphatic carbocycles. The van der Waals surface area contributed by atoms with E-state index in [9.17, 15) is 18.3 Å². The summed E-state index contributed by atoms with van der Waals surface area (Å²) in [5.74, 6) is -0.0817. The van der Waals surface area contributed by atoms with Gasteiger partial charge in [-0.15, -0.1) is 0 Å². The van der Waals surface area contributed by atoms with Crippen LogP contribution in [0.5, 0.6) is 0 Å². The molecule has 7 nitrogen and oxygen atoms in total. The van der Waals surface area contributed by atoms with E-state index >= 15 is 0 Å². The average molecular weight is 430 g/mol. The van der Waals surface area contributed by atoms with Gasteiger partial charge < -0.3 is 10.0 Å². The Kier molecular flexibility index (Phi) is 5.81. The Morgan fingerprint density at radius 1 is 1.27 bits per heavy atom. The third-order valence-corrected chi connectivity index (χ3v) is 7.08. The maximum atomic E-state index is 13.1. The highest BCUT2D eigenvalue weighted by Crippen LogP contribution is 2.29. The second-order valence-electron chi connectivity index (χ2n) is 8.16. The van der Waals surface area contributed by atoms with E-state index in [0.717, 1.165) is 24.1 Å². The fraction of sp³-hybridized carbons (Fsp3) is 0.409. The van der Waals surface area contributed by atoms with E-state index in [4.69, 9.17) is 0 Å². The first-order chi connectivity index (χ1) is 14.3. The number of likely N-dealkylation sites (N-methyl/N-ethyl adjacent to an activating group) is 1. The van der Waals surface area contributed by atoms with Gasteiger partial charge in [0.25, 0.3) is 0 Å². The van der Waals surface area contributed by atoms with Crippen molar-refractivity contribution in [1.82, 2.24) is 9.80 Å². The number of β-amino-alcohol motifs (C(OH)–C–C–N with tert-alkyl or cyclic N) is 1. The Bertz CT molecular complexity index is 1030. The maximum absolute atomic E-state index is 13.1. The van der Waals surface area contributed by atoms with E-state index < -0.39 is 10.0 Å². The maximum Gasteiger partial charge on any atom is 0.237 e. The zero-order chi connectivity index (χ0) is 21.3. The number of fused-ring (bicyclic) bond motifs is 1. The van der Waals surface area contributed by atoms with Crippen LogP contribution in [0.25, 0.3) is 0 Å². The Hall–Kier alpha value is -2.42. The van der Waals surface area contributed by atoms with E-state index in [1.807, 2.05) is 37.4 Å². The number of anilines is 1. The van der Waals surface area contributed by atoms with Crippen LogP contribution in [0.1, 0.15) is 29.2 Å². The summed E-state index contributed by atoms with van der Waals surface area (Å²) >= 11 is 0. The van der Waals surface area contributed by atoms with Gasteiger partial charge in [-0.3, -0.25) is 14.4 Å². The highest BCUT2D eigenvalue weighted by molar-refractivity contribution is 7.92. The van der Waals surface area contributed by atoms with Gasteiger partial charge in [0.05, 0.1) is 30.0 Å². The van der Waals surface area contributed by atoms with Crippen LogP contribution in [0.2, 0.25) is 0 Å². The fourth-order valence-electron chi connectivity index (χ4n) is 4.21. The topological polar surface area (TPSA) is 90.0 Å². The Balaban J connectivity index is 1.50. The van der Waals surface area contributed by atoms with Crippen molar-refractivity contribution in [2.24, 2.45) is 0 Å². The second-order valence-corrected chi connectivity index (χ2v) is 9.88. The van der Waals surface area contributed by atoms with Crippen molar-refractivity contribution < 1.29 is 18.3 Å². The minimum Gasteiger partial charge on any atom is -0.392 e. The lowest BCUT2D eigenvalue weighted by Gasteiger charge is -2.32. The summed E-state index contributed by atoms with van der Waals surface area (Å²) < 4.78 is 26.0. The van der Waals surface area contributed by atoms with Crippen LogP contribution in [0.15, 0.2) is 48.5 Å². The summed E-state index contributed by atoms with van der Waals surface area (Å²) in [6, 6.07) is 15.1. The zero-order valence-corrected chi connectivity index (χ0v) is 17.8. The summed E-state index contributed by atoms with van der Waals surface area (Å²) in [7, 11) is -1.49. The third-order valence-electron chi connectivity index (χ3n) is 5.86. The van der Waals surface area contributed by atoms with Crippen LogP contribution in [0.4, 0.5) is 5.69 Å². The highest BCUT2D eigenvalue weighted by atomic mass is 32.2. The number of aliphatic hydroxyl groups is 1. The van der Waals surface area contributed by atoms with Crippen molar-refractivity contribution in [1.29, 1.82) is 0 Å². The highest BCUT2D eigenvalue weighted by Gasteiger charge is 2.29. The van der Waals surface area contributed by atoms with Gasteiger partial charge in [-0.1, -0.05) is 42.5 Å². The van der Waals surface area contributed by atoms with Gasteiger partial charge in [-0.05, 0) is 29.2 Å². The van der Waals surface area contributed by atoms with Crippen LogP contribution >= 0.6 is 0 Å². The number of carbonyl (C=O) groups is 1. The summed E-state index contributed by atoms with van der Waals surface area (Å²) in [6.45, 7) is 2.10. The van der Waals surface area contributed by atoms with E-state index in [1.54, 1.807) is 23.1 Å². The first-order valence-corrected chi connectivity index (χ1v) is 11.8. The molecule has 2 heterocycles. The largest absolute Gasteiger partial charge is 0.392 e. The van der Waals surface area contributed by atoms with Gasteiger partial charge in [-0.25, -0.2) is 8.42 Å². The molecule has 0 spiro atoms. The third kappa shape index (κ3) is 4.66. The number of sulfonamides is 1. The molecule has 2 atom stereocenters. The number of benzene rings is 2. The molecule has 0 bridgehead atoms. The number of carbonyl (C=O) groups excluding carboxylic acids is 1. The molecule has 4 rings (SSSR count). The van der Waals surface area contributed by atoms with Crippen molar-refractivity contribution in [3.05, 3.63) is 65.2 Å². The van der Waals surface area contributed by atoms with Gasteiger partial charge in [0, 0.05) is 26.7 Å². The van der Waals surface area contributed by atoms with Crippen molar-refractivity contribution >= 4 is 21.6 Å². The van der Waals surface area contributed by atoms with Crippen molar-refractivity contribution in [3.8, 4) is 0 Å². The van der Waals surface area contributed by atoms with Gasteiger partial charge in [-0.2, -0.15) is 0 Å². The Morgan fingerprint density at radius 3 is 2.73 bits per heavy atom. The van der Waals surface area contributed by atoms with Gasteiger partial charge in [0.15, 0.2) is 0 Å². The monoisotopic (exact) mass is 429 g/mol. The fourth-order valence-corrected chi connectivity index (χ4v) is 5.46. The Labute approximate surface area is 177 Å². The number of rotatable bonds is 6. The number of hydrogen-bond donors (Lipinski definition) is 2. The van der Waals surface area contributed by atoms with E-state index in [-0.39, 0.29) is 30.2 Å². The molecule has 2 N–H and O–H groups in total. The molecule has 30 heavy (non-hydrogen) atoms. The average Bonchev–Trinajstić information content (AvgIpc) is 3.26. The predicted molar refractivity (Wildman–Crippen MR) is 115 cm³/mol.